The van der Waals surface area contributed by atoms with E-state index in [0.29, 0.717) is 107 Å². The maximum Gasteiger partial charge on any atom is 0.410 e. The van der Waals surface area contributed by atoms with Crippen LogP contribution in [0.1, 0.15) is 75.7 Å². The molecule has 0 saturated carbocycles. The predicted molar refractivity (Wildman–Crippen MR) is 253 cm³/mol. The van der Waals surface area contributed by atoms with Gasteiger partial charge < -0.3 is 44.8 Å². The van der Waals surface area contributed by atoms with E-state index in [2.05, 4.69) is 15.5 Å². The fourth-order valence-electron chi connectivity index (χ4n) is 8.74. The Hall–Kier alpha value is -8.30. The number of aromatic nitrogens is 9. The number of amides is 4. The molecular weight excluding hydrogens is 891 g/mol. The minimum atomic E-state index is -1.22. The van der Waals surface area contributed by atoms with Gasteiger partial charge in [0.15, 0.2) is 12.4 Å². The third-order valence-electron chi connectivity index (χ3n) is 12.1. The van der Waals surface area contributed by atoms with Gasteiger partial charge in [-0.05, 0) is 89.3 Å². The fourth-order valence-corrected chi connectivity index (χ4v) is 8.74. The summed E-state index contributed by atoms with van der Waals surface area (Å²) in [6.07, 6.45) is 6.85. The van der Waals surface area contributed by atoms with E-state index in [1.54, 1.807) is 46.6 Å². The van der Waals surface area contributed by atoms with Crippen LogP contribution in [-0.2, 0) is 35.7 Å². The molecule has 0 spiro atoms. The molecule has 1 fully saturated rings. The highest BCUT2D eigenvalue weighted by Gasteiger charge is 2.26. The molecule has 0 atom stereocenters. The largest absolute Gasteiger partial charge is 0.494 e. The van der Waals surface area contributed by atoms with E-state index in [9.17, 15) is 24.0 Å². The number of allylic oxidation sites excluding steroid dienone is 2. The summed E-state index contributed by atoms with van der Waals surface area (Å²) < 4.78 is 24.3. The summed E-state index contributed by atoms with van der Waals surface area (Å²) in [7, 11) is 1.47. The Morgan fingerprint density at radius 2 is 1.49 bits per heavy atom. The Morgan fingerprint density at radius 3 is 2.17 bits per heavy atom. The highest BCUT2D eigenvalue weighted by atomic mass is 16.6. The lowest BCUT2D eigenvalue weighted by molar-refractivity contribution is -0.140. The second kappa shape index (κ2) is 19.9. The number of aliphatic carboxylic acids is 1. The number of nitrogens with zero attached hydrogens (tertiary/aromatic N) is 10. The SMILES string of the molecule is CCn1nc(C)cc1C(=O)Nc1nc2cc(C(N)=O)cc(OC)c2n1CC=CCn1c2nc(-c3cc(C)nn3CC)ncc2c2cc(C(N)=O)cc(OCCC3CCN(C(=O)OCC(=O)O)CC3)c21. The van der Waals surface area contributed by atoms with Crippen molar-refractivity contribution in [1.82, 2.24) is 48.5 Å². The van der Waals surface area contributed by atoms with Gasteiger partial charge in [-0.2, -0.15) is 10.2 Å². The first-order valence-corrected chi connectivity index (χ1v) is 22.5. The molecule has 360 valence electrons. The number of anilines is 1. The van der Waals surface area contributed by atoms with Gasteiger partial charge in [-0.15, -0.1) is 0 Å². The lowest BCUT2D eigenvalue weighted by atomic mass is 9.94. The molecule has 8 rings (SSSR count). The van der Waals surface area contributed by atoms with Crippen molar-refractivity contribution >= 4 is 68.7 Å². The van der Waals surface area contributed by atoms with Gasteiger partial charge in [0.1, 0.15) is 34.1 Å². The molecule has 7 aromatic rings. The number of carbonyl (C=O) groups is 5. The van der Waals surface area contributed by atoms with Crippen LogP contribution in [0, 0.1) is 19.8 Å². The van der Waals surface area contributed by atoms with Crippen molar-refractivity contribution in [3.63, 3.8) is 0 Å². The number of hydrogen-bond acceptors (Lipinski definition) is 13. The maximum atomic E-state index is 13.8. The number of benzene rings is 2. The van der Waals surface area contributed by atoms with Gasteiger partial charge in [-0.1, -0.05) is 12.2 Å². The molecule has 5 aromatic heterocycles. The van der Waals surface area contributed by atoms with Crippen LogP contribution in [-0.4, -0.2) is 117 Å². The number of nitrogens with one attached hydrogen (secondary N) is 1. The van der Waals surface area contributed by atoms with E-state index in [4.69, 9.17) is 45.7 Å². The quantitative estimate of drug-likeness (QED) is 0.0818. The standard InChI is InChI=1S/C47H53N13O9/c1-6-59-34(18-26(3)54-59)43-50-24-32-31-20-29(41(48)63)23-37(68-17-12-28-10-15-56(16-11-28)47(66)69-25-38(61)62)39(31)57(44(32)52-43)13-8-9-14-58-40-33(21-30(42(49)64)22-36(40)67-5)51-46(58)53-45(65)35-19-27(4)55-60(35)7-2/h8-9,18-24,28H,6-7,10-17,25H2,1-5H3,(H2,48,63)(H2,49,64)(H,61,62)(H,51,53,65). The summed E-state index contributed by atoms with van der Waals surface area (Å²) in [5.41, 5.74) is 16.6. The molecule has 0 unspecified atom stereocenters. The van der Waals surface area contributed by atoms with Crippen LogP contribution in [0.3, 0.4) is 0 Å². The molecule has 4 amide bonds. The molecule has 2 aromatic carbocycles. The monoisotopic (exact) mass is 943 g/mol. The zero-order valence-electron chi connectivity index (χ0n) is 38.9. The Kier molecular flexibility index (Phi) is 13.6. The molecule has 6 N–H and O–H groups in total. The number of imidazole rings is 1. The third-order valence-corrected chi connectivity index (χ3v) is 12.1. The van der Waals surface area contributed by atoms with Crippen LogP contribution in [0.4, 0.5) is 10.7 Å². The molecule has 1 saturated heterocycles. The average Bonchev–Trinajstić information content (AvgIpc) is 4.10. The number of rotatable bonds is 18. The van der Waals surface area contributed by atoms with Gasteiger partial charge in [-0.3, -0.25) is 29.1 Å². The molecular formula is C47H53N13O9. The van der Waals surface area contributed by atoms with Gasteiger partial charge in [-0.25, -0.2) is 24.5 Å². The third kappa shape index (κ3) is 9.76. The van der Waals surface area contributed by atoms with E-state index in [1.165, 1.54) is 18.1 Å². The van der Waals surface area contributed by atoms with Crippen molar-refractivity contribution in [3.8, 4) is 23.0 Å². The first-order chi connectivity index (χ1) is 33.2. The van der Waals surface area contributed by atoms with Crippen LogP contribution in [0.5, 0.6) is 11.5 Å². The molecule has 22 heteroatoms. The fraction of sp³-hybridized carbons (Fsp3) is 0.362. The first kappa shape index (κ1) is 47.2. The highest BCUT2D eigenvalue weighted by Crippen LogP contribution is 2.37. The zero-order chi connectivity index (χ0) is 49.1. The number of carbonyl (C=O) groups excluding carboxylic acids is 4. The number of hydrogen-bond donors (Lipinski definition) is 4. The number of carboxylic acid groups (broad SMARTS) is 1. The Bertz CT molecular complexity index is 3170. The molecule has 22 nitrogen and oxygen atoms in total. The van der Waals surface area contributed by atoms with Crippen molar-refractivity contribution in [1.29, 1.82) is 0 Å². The zero-order valence-corrected chi connectivity index (χ0v) is 38.9. The van der Waals surface area contributed by atoms with Gasteiger partial charge in [0.25, 0.3) is 5.91 Å². The van der Waals surface area contributed by atoms with Crippen LogP contribution in [0.15, 0.2) is 54.7 Å². The Morgan fingerprint density at radius 1 is 0.826 bits per heavy atom. The summed E-state index contributed by atoms with van der Waals surface area (Å²) in [6.45, 7) is 9.47. The van der Waals surface area contributed by atoms with Crippen LogP contribution in [0.25, 0.3) is 44.5 Å². The minimum Gasteiger partial charge on any atom is -0.494 e. The van der Waals surface area contributed by atoms with E-state index >= 15 is 0 Å². The number of primary amides is 2. The van der Waals surface area contributed by atoms with Gasteiger partial charge in [0.2, 0.25) is 17.8 Å². The lowest BCUT2D eigenvalue weighted by Gasteiger charge is -2.31. The number of piperidine rings is 1. The van der Waals surface area contributed by atoms with Gasteiger partial charge >= 0.3 is 12.1 Å². The molecule has 0 aliphatic carbocycles. The Labute approximate surface area is 394 Å². The van der Waals surface area contributed by atoms with E-state index in [-0.39, 0.29) is 42.7 Å². The number of fused-ring (bicyclic) bond motifs is 4. The van der Waals surface area contributed by atoms with E-state index in [1.807, 2.05) is 48.2 Å². The summed E-state index contributed by atoms with van der Waals surface area (Å²) in [5.74, 6) is -1.41. The number of ether oxygens (including phenoxy) is 3. The molecule has 6 heterocycles. The average molecular weight is 944 g/mol. The first-order valence-electron chi connectivity index (χ1n) is 22.5. The summed E-state index contributed by atoms with van der Waals surface area (Å²) in [5, 5.41) is 22.2. The normalized spacial score (nSPS) is 13.2. The van der Waals surface area contributed by atoms with Crippen molar-refractivity contribution in [2.75, 3.05) is 38.7 Å². The second-order valence-electron chi connectivity index (χ2n) is 16.6. The highest BCUT2D eigenvalue weighted by molar-refractivity contribution is 6.12. The molecule has 0 bridgehead atoms. The second-order valence-corrected chi connectivity index (χ2v) is 16.6. The molecule has 69 heavy (non-hydrogen) atoms. The van der Waals surface area contributed by atoms with Crippen LogP contribution < -0.4 is 26.3 Å². The number of likely N-dealkylation sites (tertiary alicyclic amines) is 1. The molecule has 0 radical (unpaired) electrons. The maximum absolute atomic E-state index is 13.8. The van der Waals surface area contributed by atoms with Crippen LogP contribution >= 0.6 is 0 Å². The van der Waals surface area contributed by atoms with Gasteiger partial charge in [0.05, 0.1) is 36.1 Å². The summed E-state index contributed by atoms with van der Waals surface area (Å²) in [6, 6.07) is 10.0. The lowest BCUT2D eigenvalue weighted by Crippen LogP contribution is -2.39. The minimum absolute atomic E-state index is 0.182. The van der Waals surface area contributed by atoms with E-state index < -0.39 is 36.4 Å². The Balaban J connectivity index is 1.15. The number of carboxylic acids is 1. The predicted octanol–water partition coefficient (Wildman–Crippen LogP) is 5.07. The summed E-state index contributed by atoms with van der Waals surface area (Å²) in [4.78, 5) is 78.3. The smallest absolute Gasteiger partial charge is 0.410 e. The van der Waals surface area contributed by atoms with Crippen LogP contribution in [0.2, 0.25) is 0 Å². The van der Waals surface area contributed by atoms with Gasteiger partial charge in [0, 0.05) is 67.4 Å². The summed E-state index contributed by atoms with van der Waals surface area (Å²) >= 11 is 0. The van der Waals surface area contributed by atoms with Crippen molar-refractivity contribution in [3.05, 3.63) is 83.0 Å². The number of nitrogens with two attached hydrogens (primary N) is 2. The molecule has 1 aliphatic heterocycles. The van der Waals surface area contributed by atoms with E-state index in [0.717, 1.165) is 11.4 Å². The van der Waals surface area contributed by atoms with Crippen molar-refractivity contribution in [2.24, 2.45) is 17.4 Å². The van der Waals surface area contributed by atoms with Crippen molar-refractivity contribution < 1.29 is 43.3 Å². The number of methoxy groups -OCH3 is 1. The number of aryl methyl sites for hydroxylation is 4. The van der Waals surface area contributed by atoms with Crippen molar-refractivity contribution in [2.45, 2.75) is 73.1 Å². The molecule has 1 aliphatic rings. The topological polar surface area (TPSA) is 285 Å².